The molecule has 2 rings (SSSR count). The number of benzene rings is 2. The van der Waals surface area contributed by atoms with Crippen LogP contribution in [0, 0.1) is 0 Å². The molecule has 0 aliphatic carbocycles. The van der Waals surface area contributed by atoms with Gasteiger partial charge in [-0.15, -0.1) is 0 Å². The van der Waals surface area contributed by atoms with Crippen molar-refractivity contribution in [3.8, 4) is 5.75 Å². The van der Waals surface area contributed by atoms with Crippen LogP contribution in [0.5, 0.6) is 5.75 Å². The molecule has 1 unspecified atom stereocenters. The van der Waals surface area contributed by atoms with Crippen molar-refractivity contribution in [1.82, 2.24) is 0 Å². The molecule has 0 saturated carbocycles. The standard InChI is InChI=1S/C15H15ClN2O2/c16-13-4-2-1-3-12(13)14(9-17)20-11-7-5-10(6-8-11)15(18)19/h1-8,14H,9,17H2,(H2,18,19). The highest BCUT2D eigenvalue weighted by atomic mass is 35.5. The molecule has 0 heterocycles. The van der Waals surface area contributed by atoms with Crippen molar-refractivity contribution in [3.63, 3.8) is 0 Å². The molecule has 1 atom stereocenters. The highest BCUT2D eigenvalue weighted by Crippen LogP contribution is 2.26. The molecule has 0 aliphatic heterocycles. The third-order valence-corrected chi connectivity index (χ3v) is 3.23. The lowest BCUT2D eigenvalue weighted by Gasteiger charge is -2.19. The molecule has 0 bridgehead atoms. The third kappa shape index (κ3) is 3.29. The Morgan fingerprint density at radius 3 is 2.35 bits per heavy atom. The number of halogens is 1. The van der Waals surface area contributed by atoms with Crippen molar-refractivity contribution >= 4 is 17.5 Å². The molecule has 0 saturated heterocycles. The van der Waals surface area contributed by atoms with Gasteiger partial charge in [0.25, 0.3) is 0 Å². The van der Waals surface area contributed by atoms with Crippen LogP contribution in [0.3, 0.4) is 0 Å². The Kier molecular flexibility index (Phi) is 4.61. The summed E-state index contributed by atoms with van der Waals surface area (Å²) in [5, 5.41) is 0.608. The molecule has 5 heteroatoms. The van der Waals surface area contributed by atoms with Gasteiger partial charge in [0, 0.05) is 22.7 Å². The van der Waals surface area contributed by atoms with Crippen molar-refractivity contribution < 1.29 is 9.53 Å². The Balaban J connectivity index is 2.18. The predicted molar refractivity (Wildman–Crippen MR) is 78.8 cm³/mol. The Morgan fingerprint density at radius 2 is 1.80 bits per heavy atom. The van der Waals surface area contributed by atoms with Crippen LogP contribution >= 0.6 is 11.6 Å². The van der Waals surface area contributed by atoms with Crippen molar-refractivity contribution in [2.24, 2.45) is 11.5 Å². The molecule has 0 fully saturated rings. The molecular weight excluding hydrogens is 276 g/mol. The molecule has 0 spiro atoms. The minimum Gasteiger partial charge on any atom is -0.484 e. The van der Waals surface area contributed by atoms with Crippen LogP contribution in [0.1, 0.15) is 22.0 Å². The van der Waals surface area contributed by atoms with E-state index in [1.807, 2.05) is 18.2 Å². The van der Waals surface area contributed by atoms with Crippen LogP contribution < -0.4 is 16.2 Å². The second-order valence-corrected chi connectivity index (χ2v) is 4.66. The summed E-state index contributed by atoms with van der Waals surface area (Å²) >= 11 is 6.13. The van der Waals surface area contributed by atoms with E-state index >= 15 is 0 Å². The normalized spacial score (nSPS) is 11.9. The number of carbonyl (C=O) groups excluding carboxylic acids is 1. The van der Waals surface area contributed by atoms with E-state index in [1.165, 1.54) is 0 Å². The van der Waals surface area contributed by atoms with E-state index < -0.39 is 5.91 Å². The van der Waals surface area contributed by atoms with E-state index in [0.29, 0.717) is 22.9 Å². The first-order valence-corrected chi connectivity index (χ1v) is 6.50. The Labute approximate surface area is 122 Å². The molecular formula is C15H15ClN2O2. The number of hydrogen-bond acceptors (Lipinski definition) is 3. The van der Waals surface area contributed by atoms with Gasteiger partial charge in [-0.3, -0.25) is 4.79 Å². The summed E-state index contributed by atoms with van der Waals surface area (Å²) in [4.78, 5) is 11.0. The number of primary amides is 1. The zero-order valence-corrected chi connectivity index (χ0v) is 11.5. The fraction of sp³-hybridized carbons (Fsp3) is 0.133. The average molecular weight is 291 g/mol. The van der Waals surface area contributed by atoms with E-state index in [-0.39, 0.29) is 6.10 Å². The summed E-state index contributed by atoms with van der Waals surface area (Å²) in [5.74, 6) is 0.128. The molecule has 0 aliphatic rings. The van der Waals surface area contributed by atoms with E-state index in [0.717, 1.165) is 5.56 Å². The Morgan fingerprint density at radius 1 is 1.15 bits per heavy atom. The maximum absolute atomic E-state index is 11.0. The lowest BCUT2D eigenvalue weighted by atomic mass is 10.1. The molecule has 104 valence electrons. The van der Waals surface area contributed by atoms with Gasteiger partial charge >= 0.3 is 0 Å². The number of amides is 1. The van der Waals surface area contributed by atoms with Crippen LogP contribution in [0.2, 0.25) is 5.02 Å². The maximum Gasteiger partial charge on any atom is 0.248 e. The lowest BCUT2D eigenvalue weighted by molar-refractivity contribution is 0.1000. The van der Waals surface area contributed by atoms with Crippen LogP contribution in [0.15, 0.2) is 48.5 Å². The highest BCUT2D eigenvalue weighted by molar-refractivity contribution is 6.31. The highest BCUT2D eigenvalue weighted by Gasteiger charge is 2.14. The van der Waals surface area contributed by atoms with Crippen LogP contribution in [0.4, 0.5) is 0 Å². The van der Waals surface area contributed by atoms with Gasteiger partial charge in [-0.1, -0.05) is 29.8 Å². The molecule has 2 aromatic rings. The number of ether oxygens (including phenoxy) is 1. The van der Waals surface area contributed by atoms with Gasteiger partial charge in [-0.25, -0.2) is 0 Å². The van der Waals surface area contributed by atoms with E-state index in [1.54, 1.807) is 30.3 Å². The minimum atomic E-state index is -0.474. The third-order valence-electron chi connectivity index (χ3n) is 2.88. The predicted octanol–water partition coefficient (Wildman–Crippen LogP) is 2.52. The SMILES string of the molecule is NCC(Oc1ccc(C(N)=O)cc1)c1ccccc1Cl. The second kappa shape index (κ2) is 6.41. The van der Waals surface area contributed by atoms with Crippen molar-refractivity contribution in [1.29, 1.82) is 0 Å². The molecule has 20 heavy (non-hydrogen) atoms. The summed E-state index contributed by atoms with van der Waals surface area (Å²) in [6.45, 7) is 0.293. The molecule has 0 aromatic heterocycles. The van der Waals surface area contributed by atoms with Gasteiger partial charge in [0.15, 0.2) is 0 Å². The monoisotopic (exact) mass is 290 g/mol. The van der Waals surface area contributed by atoms with Gasteiger partial charge in [-0.05, 0) is 30.3 Å². The van der Waals surface area contributed by atoms with Crippen molar-refractivity contribution in [2.75, 3.05) is 6.54 Å². The van der Waals surface area contributed by atoms with E-state index in [4.69, 9.17) is 27.8 Å². The fourth-order valence-corrected chi connectivity index (χ4v) is 2.09. The first-order valence-electron chi connectivity index (χ1n) is 6.13. The largest absolute Gasteiger partial charge is 0.484 e. The van der Waals surface area contributed by atoms with Gasteiger partial charge in [-0.2, -0.15) is 0 Å². The number of nitrogens with two attached hydrogens (primary N) is 2. The molecule has 4 nitrogen and oxygen atoms in total. The number of hydrogen-bond donors (Lipinski definition) is 2. The quantitative estimate of drug-likeness (QED) is 0.888. The van der Waals surface area contributed by atoms with Crippen molar-refractivity contribution in [2.45, 2.75) is 6.10 Å². The molecule has 4 N–H and O–H groups in total. The van der Waals surface area contributed by atoms with Gasteiger partial charge in [0.2, 0.25) is 5.91 Å². The maximum atomic E-state index is 11.0. The molecule has 0 radical (unpaired) electrons. The van der Waals surface area contributed by atoms with Crippen molar-refractivity contribution in [3.05, 3.63) is 64.7 Å². The van der Waals surface area contributed by atoms with Gasteiger partial charge in [0.1, 0.15) is 11.9 Å². The van der Waals surface area contributed by atoms with Gasteiger partial charge in [0.05, 0.1) is 0 Å². The Bertz CT molecular complexity index is 599. The van der Waals surface area contributed by atoms with Crippen LogP contribution in [-0.2, 0) is 0 Å². The fourth-order valence-electron chi connectivity index (χ4n) is 1.84. The van der Waals surface area contributed by atoms with E-state index in [2.05, 4.69) is 0 Å². The summed E-state index contributed by atoms with van der Waals surface area (Å²) in [5.41, 5.74) is 12.2. The summed E-state index contributed by atoms with van der Waals surface area (Å²) in [7, 11) is 0. The zero-order valence-electron chi connectivity index (χ0n) is 10.8. The van der Waals surface area contributed by atoms with Gasteiger partial charge < -0.3 is 16.2 Å². The summed E-state index contributed by atoms with van der Waals surface area (Å²) in [6.07, 6.45) is -0.344. The first-order chi connectivity index (χ1) is 9.61. The lowest BCUT2D eigenvalue weighted by Crippen LogP contribution is -2.19. The smallest absolute Gasteiger partial charge is 0.248 e. The molecule has 1 amide bonds. The first kappa shape index (κ1) is 14.4. The Hall–Kier alpha value is -2.04. The summed E-state index contributed by atoms with van der Waals surface area (Å²) < 4.78 is 5.80. The molecule has 2 aromatic carbocycles. The van der Waals surface area contributed by atoms with Crippen LogP contribution in [0.25, 0.3) is 0 Å². The van der Waals surface area contributed by atoms with Crippen LogP contribution in [-0.4, -0.2) is 12.5 Å². The second-order valence-electron chi connectivity index (χ2n) is 4.25. The average Bonchev–Trinajstić information content (AvgIpc) is 2.46. The zero-order chi connectivity index (χ0) is 14.5. The topological polar surface area (TPSA) is 78.3 Å². The minimum absolute atomic E-state index is 0.293. The van der Waals surface area contributed by atoms with E-state index in [9.17, 15) is 4.79 Å². The number of carbonyl (C=O) groups is 1. The number of rotatable bonds is 5. The summed E-state index contributed by atoms with van der Waals surface area (Å²) in [6, 6.07) is 14.0.